The highest BCUT2D eigenvalue weighted by Crippen LogP contribution is 2.36. The van der Waals surface area contributed by atoms with Gasteiger partial charge in [-0.3, -0.25) is 9.97 Å². The van der Waals surface area contributed by atoms with Crippen molar-refractivity contribution in [3.63, 3.8) is 0 Å². The highest BCUT2D eigenvalue weighted by Gasteiger charge is 2.19. The molecule has 144 valence electrons. The molecule has 4 aromatic rings. The zero-order valence-corrected chi connectivity index (χ0v) is 16.1. The van der Waals surface area contributed by atoms with E-state index in [1.807, 2.05) is 54.9 Å². The molecule has 0 unspecified atom stereocenters. The molecule has 4 heteroatoms. The number of pyridine rings is 2. The summed E-state index contributed by atoms with van der Waals surface area (Å²) >= 11 is 0. The Kier molecular flexibility index (Phi) is 5.61. The van der Waals surface area contributed by atoms with Crippen molar-refractivity contribution in [2.75, 3.05) is 7.11 Å². The first-order valence-corrected chi connectivity index (χ1v) is 9.48. The number of nitrogens with zero attached hydrogens (tertiary/aromatic N) is 2. The first-order valence-electron chi connectivity index (χ1n) is 9.48. The lowest BCUT2D eigenvalue weighted by Crippen LogP contribution is -2.07. The maximum Gasteiger partial charge on any atom is 0.126 e. The lowest BCUT2D eigenvalue weighted by molar-refractivity contribution is 0.416. The van der Waals surface area contributed by atoms with Crippen LogP contribution < -0.4 is 4.74 Å². The number of benzene rings is 2. The molecule has 0 bridgehead atoms. The molecule has 0 aliphatic heterocycles. The van der Waals surface area contributed by atoms with Crippen LogP contribution in [0.25, 0.3) is 11.1 Å². The van der Waals surface area contributed by atoms with Crippen LogP contribution in [0.1, 0.15) is 22.6 Å². The van der Waals surface area contributed by atoms with E-state index in [9.17, 15) is 4.39 Å². The van der Waals surface area contributed by atoms with Crippen LogP contribution >= 0.6 is 0 Å². The van der Waals surface area contributed by atoms with Crippen LogP contribution in [-0.4, -0.2) is 17.1 Å². The highest BCUT2D eigenvalue weighted by molar-refractivity contribution is 5.73. The van der Waals surface area contributed by atoms with Crippen LogP contribution in [0, 0.1) is 5.82 Å². The summed E-state index contributed by atoms with van der Waals surface area (Å²) in [6, 6.07) is 20.7. The van der Waals surface area contributed by atoms with Gasteiger partial charge in [-0.25, -0.2) is 4.39 Å². The number of hydrogen-bond donors (Lipinski definition) is 0. The maximum atomic E-state index is 14.2. The van der Waals surface area contributed by atoms with Crippen molar-refractivity contribution in [2.45, 2.75) is 12.3 Å². The van der Waals surface area contributed by atoms with Gasteiger partial charge in [-0.2, -0.15) is 0 Å². The van der Waals surface area contributed by atoms with Gasteiger partial charge in [-0.1, -0.05) is 36.4 Å². The van der Waals surface area contributed by atoms with E-state index in [1.165, 1.54) is 6.07 Å². The minimum absolute atomic E-state index is 0.0521. The molecule has 0 saturated heterocycles. The van der Waals surface area contributed by atoms with E-state index < -0.39 is 0 Å². The van der Waals surface area contributed by atoms with Gasteiger partial charge in [0.05, 0.1) is 7.11 Å². The van der Waals surface area contributed by atoms with E-state index in [2.05, 4.69) is 22.1 Å². The molecule has 4 rings (SSSR count). The van der Waals surface area contributed by atoms with Crippen molar-refractivity contribution in [3.8, 4) is 16.9 Å². The van der Waals surface area contributed by atoms with Gasteiger partial charge in [0, 0.05) is 36.3 Å². The van der Waals surface area contributed by atoms with Crippen LogP contribution in [0.5, 0.6) is 5.75 Å². The van der Waals surface area contributed by atoms with Crippen molar-refractivity contribution >= 4 is 0 Å². The van der Waals surface area contributed by atoms with Crippen molar-refractivity contribution in [1.82, 2.24) is 9.97 Å². The van der Waals surface area contributed by atoms with E-state index in [-0.39, 0.29) is 11.7 Å². The molecule has 0 radical (unpaired) electrons. The summed E-state index contributed by atoms with van der Waals surface area (Å²) < 4.78 is 19.7. The minimum atomic E-state index is -0.269. The van der Waals surface area contributed by atoms with E-state index in [1.54, 1.807) is 25.6 Å². The van der Waals surface area contributed by atoms with Gasteiger partial charge in [0.1, 0.15) is 11.6 Å². The quantitative estimate of drug-likeness (QED) is 0.430. The summed E-state index contributed by atoms with van der Waals surface area (Å²) in [4.78, 5) is 8.59. The van der Waals surface area contributed by atoms with Gasteiger partial charge in [0.25, 0.3) is 0 Å². The van der Waals surface area contributed by atoms with Gasteiger partial charge < -0.3 is 4.74 Å². The molecule has 2 aromatic carbocycles. The number of aromatic nitrogens is 2. The normalized spacial score (nSPS) is 10.9. The SMILES string of the molecule is COc1ccccc1-c1cc(F)ccc1CC(c1cccnc1)c1cccnc1. The molecule has 0 aliphatic carbocycles. The zero-order chi connectivity index (χ0) is 20.1. The van der Waals surface area contributed by atoms with Gasteiger partial charge in [0.15, 0.2) is 0 Å². The summed E-state index contributed by atoms with van der Waals surface area (Å²) in [5.74, 6) is 0.504. The fourth-order valence-corrected chi connectivity index (χ4v) is 3.66. The average Bonchev–Trinajstić information content (AvgIpc) is 2.79. The monoisotopic (exact) mass is 384 g/mol. The van der Waals surface area contributed by atoms with E-state index in [0.717, 1.165) is 33.6 Å². The van der Waals surface area contributed by atoms with Crippen molar-refractivity contribution in [3.05, 3.63) is 114 Å². The third-order valence-corrected chi connectivity index (χ3v) is 5.07. The van der Waals surface area contributed by atoms with Gasteiger partial charge in [0.2, 0.25) is 0 Å². The van der Waals surface area contributed by atoms with Gasteiger partial charge in [-0.05, 0) is 59.0 Å². The van der Waals surface area contributed by atoms with Crippen molar-refractivity contribution in [2.24, 2.45) is 0 Å². The molecule has 0 amide bonds. The molecule has 0 atom stereocenters. The molecule has 3 nitrogen and oxygen atoms in total. The molecule has 0 fully saturated rings. The second kappa shape index (κ2) is 8.65. The predicted octanol–water partition coefficient (Wildman–Crippen LogP) is 5.67. The second-order valence-corrected chi connectivity index (χ2v) is 6.83. The number of rotatable bonds is 6. The summed E-state index contributed by atoms with van der Waals surface area (Å²) in [6.07, 6.45) is 7.98. The zero-order valence-electron chi connectivity index (χ0n) is 16.1. The van der Waals surface area contributed by atoms with Crippen LogP contribution in [-0.2, 0) is 6.42 Å². The largest absolute Gasteiger partial charge is 0.496 e. The number of ether oxygens (including phenoxy) is 1. The summed E-state index contributed by atoms with van der Waals surface area (Å²) in [5, 5.41) is 0. The summed E-state index contributed by atoms with van der Waals surface area (Å²) in [6.45, 7) is 0. The Labute approximate surface area is 169 Å². The van der Waals surface area contributed by atoms with Crippen molar-refractivity contribution < 1.29 is 9.13 Å². The van der Waals surface area contributed by atoms with Crippen LogP contribution in [0.2, 0.25) is 0 Å². The topological polar surface area (TPSA) is 35.0 Å². The molecule has 2 aromatic heterocycles. The first-order chi connectivity index (χ1) is 14.3. The number of halogens is 1. The lowest BCUT2D eigenvalue weighted by atomic mass is 9.85. The van der Waals surface area contributed by atoms with E-state index in [0.29, 0.717) is 6.42 Å². The fourth-order valence-electron chi connectivity index (χ4n) is 3.66. The first kappa shape index (κ1) is 18.8. The third kappa shape index (κ3) is 4.16. The smallest absolute Gasteiger partial charge is 0.126 e. The Balaban J connectivity index is 1.82. The van der Waals surface area contributed by atoms with Crippen LogP contribution in [0.15, 0.2) is 91.5 Å². The molecule has 29 heavy (non-hydrogen) atoms. The molecule has 0 saturated carbocycles. The molecule has 0 N–H and O–H groups in total. The maximum absolute atomic E-state index is 14.2. The fraction of sp³-hybridized carbons (Fsp3) is 0.120. The van der Waals surface area contributed by atoms with Crippen LogP contribution in [0.3, 0.4) is 0 Å². The second-order valence-electron chi connectivity index (χ2n) is 6.83. The average molecular weight is 384 g/mol. The molecular weight excluding hydrogens is 363 g/mol. The lowest BCUT2D eigenvalue weighted by Gasteiger charge is -2.20. The number of hydrogen-bond acceptors (Lipinski definition) is 3. The van der Waals surface area contributed by atoms with Crippen LogP contribution in [0.4, 0.5) is 4.39 Å². The Bertz CT molecular complexity index is 1040. The Hall–Kier alpha value is -3.53. The Morgan fingerprint density at radius 3 is 2.14 bits per heavy atom. The molecule has 0 aliphatic rings. The van der Waals surface area contributed by atoms with E-state index in [4.69, 9.17) is 4.74 Å². The van der Waals surface area contributed by atoms with E-state index >= 15 is 0 Å². The van der Waals surface area contributed by atoms with Gasteiger partial charge >= 0.3 is 0 Å². The highest BCUT2D eigenvalue weighted by atomic mass is 19.1. The number of methoxy groups -OCH3 is 1. The summed E-state index contributed by atoms with van der Waals surface area (Å²) in [7, 11) is 1.63. The molecule has 2 heterocycles. The predicted molar refractivity (Wildman–Crippen MR) is 112 cm³/mol. The third-order valence-electron chi connectivity index (χ3n) is 5.07. The Morgan fingerprint density at radius 1 is 0.828 bits per heavy atom. The Morgan fingerprint density at radius 2 is 1.52 bits per heavy atom. The number of para-hydroxylation sites is 1. The molecule has 0 spiro atoms. The standard InChI is InChI=1S/C25H21FN2O/c1-29-25-9-3-2-8-22(25)24-15-21(26)11-10-18(24)14-23(19-6-4-12-27-16-19)20-7-5-13-28-17-20/h2-13,15-17,23H,14H2,1H3. The van der Waals surface area contributed by atoms with Crippen molar-refractivity contribution in [1.29, 1.82) is 0 Å². The molecular formula is C25H21FN2O. The minimum Gasteiger partial charge on any atom is -0.496 e. The van der Waals surface area contributed by atoms with Gasteiger partial charge in [-0.15, -0.1) is 0 Å². The summed E-state index contributed by atoms with van der Waals surface area (Å²) in [5.41, 5.74) is 4.93.